The lowest BCUT2D eigenvalue weighted by atomic mass is 9.98. The van der Waals surface area contributed by atoms with Gasteiger partial charge in [0.25, 0.3) is 0 Å². The molecule has 0 saturated carbocycles. The third-order valence-electron chi connectivity index (χ3n) is 3.40. The number of fused-ring (bicyclic) bond motifs is 1. The average Bonchev–Trinajstić information content (AvgIpc) is 2.54. The lowest BCUT2D eigenvalue weighted by Gasteiger charge is -2.10. The normalized spacial score (nSPS) is 12.2. The van der Waals surface area contributed by atoms with Crippen molar-refractivity contribution in [1.29, 1.82) is 0 Å². The summed E-state index contributed by atoms with van der Waals surface area (Å²) in [7, 11) is 0. The number of carbonyl (C=O) groups is 1. The Balaban J connectivity index is 1.96. The molecule has 0 bridgehead atoms. The predicted molar refractivity (Wildman–Crippen MR) is 79.7 cm³/mol. The van der Waals surface area contributed by atoms with Crippen LogP contribution in [0.15, 0.2) is 72.8 Å². The third kappa shape index (κ3) is 2.33. The van der Waals surface area contributed by atoms with E-state index in [1.54, 1.807) is 18.2 Å². The van der Waals surface area contributed by atoms with Gasteiger partial charge in [0.15, 0.2) is 5.78 Å². The summed E-state index contributed by atoms with van der Waals surface area (Å²) in [5, 5.41) is 12.2. The van der Waals surface area contributed by atoms with Crippen LogP contribution in [-0.4, -0.2) is 10.9 Å². The number of aliphatic hydroxyl groups excluding tert-OH is 1. The molecular formula is C18H14O2. The standard InChI is InChI=1S/C18H14O2/c19-17(14-7-2-1-3-8-14)18(20)16-11-10-13-6-4-5-9-15(13)12-16/h1-12,17,19H/t17-/m1/s1. The van der Waals surface area contributed by atoms with Gasteiger partial charge in [-0.25, -0.2) is 0 Å². The maximum atomic E-state index is 12.3. The smallest absolute Gasteiger partial charge is 0.195 e. The molecule has 1 N–H and O–H groups in total. The molecule has 3 aromatic carbocycles. The first kappa shape index (κ1) is 12.6. The van der Waals surface area contributed by atoms with Crippen LogP contribution in [0.4, 0.5) is 0 Å². The Hall–Kier alpha value is -2.45. The van der Waals surface area contributed by atoms with Crippen LogP contribution in [0.25, 0.3) is 10.8 Å². The molecule has 0 spiro atoms. The highest BCUT2D eigenvalue weighted by Crippen LogP contribution is 2.21. The summed E-state index contributed by atoms with van der Waals surface area (Å²) in [5.74, 6) is -0.276. The molecule has 20 heavy (non-hydrogen) atoms. The molecule has 2 nitrogen and oxygen atoms in total. The number of ketones is 1. The van der Waals surface area contributed by atoms with Crippen molar-refractivity contribution in [3.63, 3.8) is 0 Å². The molecule has 0 aliphatic rings. The van der Waals surface area contributed by atoms with Gasteiger partial charge in [-0.15, -0.1) is 0 Å². The van der Waals surface area contributed by atoms with E-state index in [0.717, 1.165) is 10.8 Å². The molecule has 0 aliphatic carbocycles. The SMILES string of the molecule is O=C(c1ccc2ccccc2c1)[C@H](O)c1ccccc1. The first-order valence-electron chi connectivity index (χ1n) is 6.52. The molecule has 0 aliphatic heterocycles. The van der Waals surface area contributed by atoms with Crippen LogP contribution in [0.1, 0.15) is 22.0 Å². The number of rotatable bonds is 3. The zero-order valence-corrected chi connectivity index (χ0v) is 10.9. The summed E-state index contributed by atoms with van der Waals surface area (Å²) < 4.78 is 0. The molecule has 0 radical (unpaired) electrons. The van der Waals surface area contributed by atoms with Gasteiger partial charge < -0.3 is 5.11 Å². The van der Waals surface area contributed by atoms with E-state index in [4.69, 9.17) is 0 Å². The Morgan fingerprint density at radius 1 is 0.800 bits per heavy atom. The molecule has 0 heterocycles. The van der Waals surface area contributed by atoms with E-state index in [1.807, 2.05) is 54.6 Å². The summed E-state index contributed by atoms with van der Waals surface area (Å²) in [4.78, 5) is 12.3. The van der Waals surface area contributed by atoms with Crippen molar-refractivity contribution in [2.45, 2.75) is 6.10 Å². The van der Waals surface area contributed by atoms with Crippen LogP contribution in [0.2, 0.25) is 0 Å². The van der Waals surface area contributed by atoms with Crippen molar-refractivity contribution in [1.82, 2.24) is 0 Å². The first-order chi connectivity index (χ1) is 9.75. The molecule has 1 atom stereocenters. The van der Waals surface area contributed by atoms with Crippen molar-refractivity contribution in [3.05, 3.63) is 83.9 Å². The Morgan fingerprint density at radius 3 is 2.20 bits per heavy atom. The topological polar surface area (TPSA) is 37.3 Å². The van der Waals surface area contributed by atoms with E-state index < -0.39 is 6.10 Å². The Morgan fingerprint density at radius 2 is 1.45 bits per heavy atom. The Kier molecular flexibility index (Phi) is 3.32. The minimum atomic E-state index is -1.11. The summed E-state index contributed by atoms with van der Waals surface area (Å²) in [6.45, 7) is 0. The molecule has 0 fully saturated rings. The molecule has 2 heteroatoms. The summed E-state index contributed by atoms with van der Waals surface area (Å²) in [6.07, 6.45) is -1.11. The zero-order valence-electron chi connectivity index (χ0n) is 10.9. The Bertz CT molecular complexity index is 747. The molecule has 98 valence electrons. The lowest BCUT2D eigenvalue weighted by Crippen LogP contribution is -2.12. The van der Waals surface area contributed by atoms with Gasteiger partial charge >= 0.3 is 0 Å². The van der Waals surface area contributed by atoms with Gasteiger partial charge in [-0.3, -0.25) is 4.79 Å². The van der Waals surface area contributed by atoms with Gasteiger partial charge in [0.1, 0.15) is 6.10 Å². The fraction of sp³-hybridized carbons (Fsp3) is 0.0556. The van der Waals surface area contributed by atoms with E-state index in [9.17, 15) is 9.90 Å². The van der Waals surface area contributed by atoms with E-state index >= 15 is 0 Å². The van der Waals surface area contributed by atoms with Gasteiger partial charge in [0, 0.05) is 5.56 Å². The molecule has 0 amide bonds. The molecular weight excluding hydrogens is 248 g/mol. The number of carbonyl (C=O) groups excluding carboxylic acids is 1. The number of benzene rings is 3. The van der Waals surface area contributed by atoms with Gasteiger partial charge in [-0.05, 0) is 22.4 Å². The number of Topliss-reactive ketones (excluding diaryl/α,β-unsaturated/α-hetero) is 1. The van der Waals surface area contributed by atoms with Gasteiger partial charge in [0.2, 0.25) is 0 Å². The monoisotopic (exact) mass is 262 g/mol. The van der Waals surface area contributed by atoms with E-state index in [0.29, 0.717) is 11.1 Å². The van der Waals surface area contributed by atoms with Crippen molar-refractivity contribution in [2.75, 3.05) is 0 Å². The number of hydrogen-bond acceptors (Lipinski definition) is 2. The van der Waals surface area contributed by atoms with Crippen LogP contribution in [0, 0.1) is 0 Å². The van der Waals surface area contributed by atoms with E-state index in [1.165, 1.54) is 0 Å². The van der Waals surface area contributed by atoms with Crippen molar-refractivity contribution >= 4 is 16.6 Å². The van der Waals surface area contributed by atoms with Crippen molar-refractivity contribution in [2.24, 2.45) is 0 Å². The lowest BCUT2D eigenvalue weighted by molar-refractivity contribution is 0.0747. The van der Waals surface area contributed by atoms with Crippen LogP contribution in [0.3, 0.4) is 0 Å². The summed E-state index contributed by atoms with van der Waals surface area (Å²) >= 11 is 0. The highest BCUT2D eigenvalue weighted by molar-refractivity contribution is 6.02. The first-order valence-corrected chi connectivity index (χ1v) is 6.52. The Labute approximate surface area is 117 Å². The largest absolute Gasteiger partial charge is 0.380 e. The highest BCUT2D eigenvalue weighted by atomic mass is 16.3. The average molecular weight is 262 g/mol. The number of hydrogen-bond donors (Lipinski definition) is 1. The quantitative estimate of drug-likeness (QED) is 0.730. The van der Waals surface area contributed by atoms with Gasteiger partial charge in [-0.2, -0.15) is 0 Å². The molecule has 0 saturated heterocycles. The van der Waals surface area contributed by atoms with E-state index in [2.05, 4.69) is 0 Å². The summed E-state index contributed by atoms with van der Waals surface area (Å²) in [5.41, 5.74) is 1.14. The molecule has 3 aromatic rings. The van der Waals surface area contributed by atoms with E-state index in [-0.39, 0.29) is 5.78 Å². The molecule has 0 aromatic heterocycles. The minimum Gasteiger partial charge on any atom is -0.380 e. The fourth-order valence-electron chi connectivity index (χ4n) is 2.29. The minimum absolute atomic E-state index is 0.276. The van der Waals surface area contributed by atoms with Crippen LogP contribution >= 0.6 is 0 Å². The highest BCUT2D eigenvalue weighted by Gasteiger charge is 2.18. The van der Waals surface area contributed by atoms with Crippen LogP contribution in [0.5, 0.6) is 0 Å². The second-order valence-corrected chi connectivity index (χ2v) is 4.74. The predicted octanol–water partition coefficient (Wildman–Crippen LogP) is 3.76. The van der Waals surface area contributed by atoms with Crippen LogP contribution in [-0.2, 0) is 0 Å². The zero-order chi connectivity index (χ0) is 13.9. The fourth-order valence-corrected chi connectivity index (χ4v) is 2.29. The van der Waals surface area contributed by atoms with Crippen molar-refractivity contribution in [3.8, 4) is 0 Å². The summed E-state index contributed by atoms with van der Waals surface area (Å²) in [6, 6.07) is 22.3. The second-order valence-electron chi connectivity index (χ2n) is 4.74. The maximum Gasteiger partial charge on any atom is 0.195 e. The van der Waals surface area contributed by atoms with Gasteiger partial charge in [0.05, 0.1) is 0 Å². The van der Waals surface area contributed by atoms with Crippen LogP contribution < -0.4 is 0 Å². The third-order valence-corrected chi connectivity index (χ3v) is 3.40. The maximum absolute atomic E-state index is 12.3. The molecule has 3 rings (SSSR count). The second kappa shape index (κ2) is 5.27. The number of aliphatic hydroxyl groups is 1. The van der Waals surface area contributed by atoms with Gasteiger partial charge in [-0.1, -0.05) is 66.7 Å². The van der Waals surface area contributed by atoms with Crippen molar-refractivity contribution < 1.29 is 9.90 Å². The molecule has 0 unspecified atom stereocenters.